The number of hydrogen-bond acceptors (Lipinski definition) is 4. The van der Waals surface area contributed by atoms with Gasteiger partial charge in [0.15, 0.2) is 0 Å². The van der Waals surface area contributed by atoms with Crippen LogP contribution in [0.15, 0.2) is 41.6 Å². The standard InChI is InChI=1S/C16H22N2O2/c1-3-20-16(19)14-9-10-17-11-15(14)18-12(2)13-7-5-4-6-8-13/h4-8,12,17-18H,3,9-11H2,1-2H3. The van der Waals surface area contributed by atoms with Gasteiger partial charge in [0, 0.05) is 18.3 Å². The van der Waals surface area contributed by atoms with E-state index in [0.29, 0.717) is 19.6 Å². The van der Waals surface area contributed by atoms with Gasteiger partial charge in [0.25, 0.3) is 0 Å². The summed E-state index contributed by atoms with van der Waals surface area (Å²) in [6, 6.07) is 10.4. The number of carbonyl (C=O) groups is 1. The maximum Gasteiger partial charge on any atom is 0.335 e. The third kappa shape index (κ3) is 3.61. The molecule has 2 rings (SSSR count). The summed E-state index contributed by atoms with van der Waals surface area (Å²) in [5, 5.41) is 6.73. The summed E-state index contributed by atoms with van der Waals surface area (Å²) in [7, 11) is 0. The topological polar surface area (TPSA) is 50.4 Å². The highest BCUT2D eigenvalue weighted by molar-refractivity contribution is 5.89. The molecule has 4 nitrogen and oxygen atoms in total. The molecule has 1 aromatic rings. The minimum Gasteiger partial charge on any atom is -0.463 e. The molecule has 1 aromatic carbocycles. The first-order valence-corrected chi connectivity index (χ1v) is 7.13. The number of carbonyl (C=O) groups excluding carboxylic acids is 1. The third-order valence-electron chi connectivity index (χ3n) is 3.43. The van der Waals surface area contributed by atoms with Gasteiger partial charge in [-0.1, -0.05) is 30.3 Å². The Morgan fingerprint density at radius 1 is 1.40 bits per heavy atom. The molecule has 20 heavy (non-hydrogen) atoms. The lowest BCUT2D eigenvalue weighted by molar-refractivity contribution is -0.138. The first-order valence-electron chi connectivity index (χ1n) is 7.13. The number of esters is 1. The average molecular weight is 274 g/mol. The van der Waals surface area contributed by atoms with Gasteiger partial charge in [0.2, 0.25) is 0 Å². The van der Waals surface area contributed by atoms with E-state index in [9.17, 15) is 4.79 Å². The third-order valence-corrected chi connectivity index (χ3v) is 3.43. The summed E-state index contributed by atoms with van der Waals surface area (Å²) >= 11 is 0. The molecule has 4 heteroatoms. The van der Waals surface area contributed by atoms with Crippen molar-refractivity contribution in [3.05, 3.63) is 47.2 Å². The molecular formula is C16H22N2O2. The number of ether oxygens (including phenoxy) is 1. The van der Waals surface area contributed by atoms with Crippen LogP contribution in [0.3, 0.4) is 0 Å². The molecule has 0 aliphatic carbocycles. The monoisotopic (exact) mass is 274 g/mol. The second kappa shape index (κ2) is 7.10. The van der Waals surface area contributed by atoms with Crippen LogP contribution >= 0.6 is 0 Å². The zero-order valence-electron chi connectivity index (χ0n) is 12.1. The number of benzene rings is 1. The van der Waals surface area contributed by atoms with Gasteiger partial charge >= 0.3 is 5.97 Å². The summed E-state index contributed by atoms with van der Waals surface area (Å²) in [4.78, 5) is 12.0. The van der Waals surface area contributed by atoms with Gasteiger partial charge in [0.05, 0.1) is 12.2 Å². The summed E-state index contributed by atoms with van der Waals surface area (Å²) < 4.78 is 5.13. The molecule has 1 aliphatic rings. The van der Waals surface area contributed by atoms with Crippen molar-refractivity contribution in [1.82, 2.24) is 10.6 Å². The summed E-state index contributed by atoms with van der Waals surface area (Å²) in [6.45, 7) is 5.85. The highest BCUT2D eigenvalue weighted by Gasteiger charge is 2.21. The lowest BCUT2D eigenvalue weighted by Crippen LogP contribution is -2.35. The Morgan fingerprint density at radius 2 is 2.15 bits per heavy atom. The van der Waals surface area contributed by atoms with Gasteiger partial charge in [-0.15, -0.1) is 0 Å². The van der Waals surface area contributed by atoms with E-state index >= 15 is 0 Å². The predicted molar refractivity (Wildman–Crippen MR) is 79.1 cm³/mol. The maximum atomic E-state index is 12.0. The van der Waals surface area contributed by atoms with Crippen LogP contribution in [0.4, 0.5) is 0 Å². The normalized spacial score (nSPS) is 16.7. The molecule has 0 radical (unpaired) electrons. The molecule has 0 saturated heterocycles. The molecule has 1 aliphatic heterocycles. The summed E-state index contributed by atoms with van der Waals surface area (Å²) in [5.74, 6) is -0.197. The van der Waals surface area contributed by atoms with E-state index in [1.165, 1.54) is 5.56 Å². The largest absolute Gasteiger partial charge is 0.463 e. The molecule has 108 valence electrons. The lowest BCUT2D eigenvalue weighted by atomic mass is 10.0. The fourth-order valence-electron chi connectivity index (χ4n) is 2.35. The highest BCUT2D eigenvalue weighted by atomic mass is 16.5. The smallest absolute Gasteiger partial charge is 0.335 e. The van der Waals surface area contributed by atoms with Crippen molar-refractivity contribution in [3.8, 4) is 0 Å². The minimum absolute atomic E-state index is 0.163. The maximum absolute atomic E-state index is 12.0. The molecule has 1 unspecified atom stereocenters. The molecular weight excluding hydrogens is 252 g/mol. The molecule has 0 bridgehead atoms. The van der Waals surface area contributed by atoms with Crippen molar-refractivity contribution in [2.75, 3.05) is 19.7 Å². The van der Waals surface area contributed by atoms with Gasteiger partial charge in [-0.05, 0) is 32.4 Å². The molecule has 0 saturated carbocycles. The van der Waals surface area contributed by atoms with Gasteiger partial charge in [0.1, 0.15) is 0 Å². The van der Waals surface area contributed by atoms with E-state index in [1.54, 1.807) is 0 Å². The Morgan fingerprint density at radius 3 is 2.85 bits per heavy atom. The Kier molecular flexibility index (Phi) is 5.18. The second-order valence-corrected chi connectivity index (χ2v) is 4.88. The van der Waals surface area contributed by atoms with Crippen LogP contribution in [-0.2, 0) is 9.53 Å². The highest BCUT2D eigenvalue weighted by Crippen LogP contribution is 2.18. The van der Waals surface area contributed by atoms with Crippen molar-refractivity contribution < 1.29 is 9.53 Å². The number of rotatable bonds is 5. The van der Waals surface area contributed by atoms with E-state index in [2.05, 4.69) is 29.7 Å². The van der Waals surface area contributed by atoms with Crippen molar-refractivity contribution in [1.29, 1.82) is 0 Å². The average Bonchev–Trinajstić information content (AvgIpc) is 2.49. The molecule has 0 amide bonds. The van der Waals surface area contributed by atoms with Gasteiger partial charge < -0.3 is 15.4 Å². The zero-order valence-corrected chi connectivity index (χ0v) is 12.1. The molecule has 1 atom stereocenters. The summed E-state index contributed by atoms with van der Waals surface area (Å²) in [6.07, 6.45) is 0.711. The fraction of sp³-hybridized carbons (Fsp3) is 0.438. The van der Waals surface area contributed by atoms with E-state index in [1.807, 2.05) is 25.1 Å². The first-order chi connectivity index (χ1) is 9.72. The number of hydrogen-bond donors (Lipinski definition) is 2. The van der Waals surface area contributed by atoms with Crippen LogP contribution in [-0.4, -0.2) is 25.7 Å². The van der Waals surface area contributed by atoms with Crippen molar-refractivity contribution in [2.24, 2.45) is 0 Å². The van der Waals surface area contributed by atoms with Gasteiger partial charge in [-0.3, -0.25) is 0 Å². The quantitative estimate of drug-likeness (QED) is 0.808. The minimum atomic E-state index is -0.197. The second-order valence-electron chi connectivity index (χ2n) is 4.88. The predicted octanol–water partition coefficient (Wildman–Crippen LogP) is 2.15. The summed E-state index contributed by atoms with van der Waals surface area (Å²) in [5.41, 5.74) is 2.92. The molecule has 0 fully saturated rings. The molecule has 2 N–H and O–H groups in total. The Hall–Kier alpha value is -1.81. The Balaban J connectivity index is 2.13. The van der Waals surface area contributed by atoms with E-state index < -0.39 is 0 Å². The SMILES string of the molecule is CCOC(=O)C1=C(NC(C)c2ccccc2)CNCC1. The van der Waals surface area contributed by atoms with Crippen molar-refractivity contribution in [2.45, 2.75) is 26.3 Å². The van der Waals surface area contributed by atoms with Crippen LogP contribution in [0.1, 0.15) is 31.9 Å². The van der Waals surface area contributed by atoms with Crippen molar-refractivity contribution in [3.63, 3.8) is 0 Å². The van der Waals surface area contributed by atoms with Crippen LogP contribution in [0.2, 0.25) is 0 Å². The zero-order chi connectivity index (χ0) is 14.4. The molecule has 1 heterocycles. The molecule has 0 spiro atoms. The van der Waals surface area contributed by atoms with Gasteiger partial charge in [-0.2, -0.15) is 0 Å². The van der Waals surface area contributed by atoms with Crippen LogP contribution < -0.4 is 10.6 Å². The van der Waals surface area contributed by atoms with Crippen LogP contribution in [0.25, 0.3) is 0 Å². The van der Waals surface area contributed by atoms with E-state index in [-0.39, 0.29) is 12.0 Å². The first kappa shape index (κ1) is 14.6. The van der Waals surface area contributed by atoms with Crippen LogP contribution in [0.5, 0.6) is 0 Å². The van der Waals surface area contributed by atoms with E-state index in [0.717, 1.165) is 17.8 Å². The number of nitrogens with one attached hydrogen (secondary N) is 2. The Bertz CT molecular complexity index is 483. The van der Waals surface area contributed by atoms with Crippen LogP contribution in [0, 0.1) is 0 Å². The Labute approximate surface area is 120 Å². The van der Waals surface area contributed by atoms with Gasteiger partial charge in [-0.25, -0.2) is 4.79 Å². The lowest BCUT2D eigenvalue weighted by Gasteiger charge is -2.25. The molecule has 0 aromatic heterocycles. The fourth-order valence-corrected chi connectivity index (χ4v) is 2.35. The van der Waals surface area contributed by atoms with Crippen molar-refractivity contribution >= 4 is 5.97 Å². The van der Waals surface area contributed by atoms with E-state index in [4.69, 9.17) is 4.74 Å².